The van der Waals surface area contributed by atoms with Crippen LogP contribution in [0.2, 0.25) is 0 Å². The van der Waals surface area contributed by atoms with Crippen molar-refractivity contribution >= 4 is 12.4 Å². The molecule has 2 rings (SSSR count). The van der Waals surface area contributed by atoms with Crippen molar-refractivity contribution in [3.8, 4) is 0 Å². The summed E-state index contributed by atoms with van der Waals surface area (Å²) >= 11 is 0. The van der Waals surface area contributed by atoms with Gasteiger partial charge in [0.2, 0.25) is 0 Å². The van der Waals surface area contributed by atoms with E-state index in [1.54, 1.807) is 0 Å². The molecule has 1 N–H and O–H groups in total. The Bertz CT molecular complexity index is 117. The number of methoxy groups -OCH3 is 1. The molecule has 10 heavy (non-hydrogen) atoms. The average molecular weight is 164 g/mol. The van der Waals surface area contributed by atoms with Crippen molar-refractivity contribution in [1.29, 1.82) is 0 Å². The molecule has 0 amide bonds. The first-order valence-electron chi connectivity index (χ1n) is 3.58. The monoisotopic (exact) mass is 163 g/mol. The highest BCUT2D eigenvalue weighted by Crippen LogP contribution is 2.45. The maximum absolute atomic E-state index is 5.19. The van der Waals surface area contributed by atoms with Crippen molar-refractivity contribution in [2.24, 2.45) is 5.41 Å². The first-order chi connectivity index (χ1) is 4.35. The third kappa shape index (κ3) is 1.04. The van der Waals surface area contributed by atoms with Gasteiger partial charge >= 0.3 is 0 Å². The highest BCUT2D eigenvalue weighted by molar-refractivity contribution is 5.85. The minimum absolute atomic E-state index is 0. The zero-order chi connectivity index (χ0) is 6.32. The van der Waals surface area contributed by atoms with Gasteiger partial charge in [0.25, 0.3) is 0 Å². The maximum Gasteiger partial charge on any atom is 0.0583 e. The molecule has 1 aliphatic carbocycles. The SMILES string of the molecule is COC1CC2(CNC2)C1.Cl. The summed E-state index contributed by atoms with van der Waals surface area (Å²) in [6, 6.07) is 0. The summed E-state index contributed by atoms with van der Waals surface area (Å²) in [5, 5.41) is 3.29. The summed E-state index contributed by atoms with van der Waals surface area (Å²) < 4.78 is 5.19. The van der Waals surface area contributed by atoms with Gasteiger partial charge in [0.05, 0.1) is 6.10 Å². The Kier molecular flexibility index (Phi) is 2.23. The van der Waals surface area contributed by atoms with E-state index >= 15 is 0 Å². The molecule has 0 radical (unpaired) electrons. The molecule has 1 aliphatic heterocycles. The molecule has 3 heteroatoms. The van der Waals surface area contributed by atoms with Crippen molar-refractivity contribution < 1.29 is 4.74 Å². The van der Waals surface area contributed by atoms with E-state index in [2.05, 4.69) is 5.32 Å². The van der Waals surface area contributed by atoms with E-state index < -0.39 is 0 Å². The van der Waals surface area contributed by atoms with Crippen LogP contribution in [0.4, 0.5) is 0 Å². The van der Waals surface area contributed by atoms with Crippen LogP contribution in [-0.4, -0.2) is 26.3 Å². The van der Waals surface area contributed by atoms with Gasteiger partial charge in [-0.3, -0.25) is 0 Å². The summed E-state index contributed by atoms with van der Waals surface area (Å²) in [4.78, 5) is 0. The van der Waals surface area contributed by atoms with E-state index in [1.165, 1.54) is 25.9 Å². The molecule has 0 unspecified atom stereocenters. The Morgan fingerprint density at radius 1 is 1.40 bits per heavy atom. The van der Waals surface area contributed by atoms with E-state index in [9.17, 15) is 0 Å². The fourth-order valence-corrected chi connectivity index (χ4v) is 1.84. The Morgan fingerprint density at radius 2 is 2.00 bits per heavy atom. The van der Waals surface area contributed by atoms with Crippen molar-refractivity contribution in [3.05, 3.63) is 0 Å². The minimum atomic E-state index is 0. The number of hydrogen-bond donors (Lipinski definition) is 1. The van der Waals surface area contributed by atoms with Gasteiger partial charge in [-0.15, -0.1) is 12.4 Å². The lowest BCUT2D eigenvalue weighted by Gasteiger charge is -2.53. The molecular weight excluding hydrogens is 150 g/mol. The summed E-state index contributed by atoms with van der Waals surface area (Å²) in [7, 11) is 1.81. The van der Waals surface area contributed by atoms with Crippen LogP contribution in [0.3, 0.4) is 0 Å². The summed E-state index contributed by atoms with van der Waals surface area (Å²) in [6.07, 6.45) is 3.15. The van der Waals surface area contributed by atoms with Crippen LogP contribution in [-0.2, 0) is 4.74 Å². The Morgan fingerprint density at radius 3 is 2.30 bits per heavy atom. The minimum Gasteiger partial charge on any atom is -0.381 e. The second kappa shape index (κ2) is 2.68. The Balaban J connectivity index is 0.000000500. The third-order valence-electron chi connectivity index (χ3n) is 2.65. The average Bonchev–Trinajstić information content (AvgIpc) is 1.59. The molecule has 1 saturated carbocycles. The fourth-order valence-electron chi connectivity index (χ4n) is 1.84. The maximum atomic E-state index is 5.19. The van der Waals surface area contributed by atoms with E-state index in [-0.39, 0.29) is 12.4 Å². The van der Waals surface area contributed by atoms with Gasteiger partial charge in [0.15, 0.2) is 0 Å². The third-order valence-corrected chi connectivity index (χ3v) is 2.65. The van der Waals surface area contributed by atoms with Crippen LogP contribution >= 0.6 is 12.4 Å². The highest BCUT2D eigenvalue weighted by Gasteiger charge is 2.48. The van der Waals surface area contributed by atoms with Crippen LogP contribution in [0.5, 0.6) is 0 Å². The number of rotatable bonds is 1. The molecule has 1 heterocycles. The molecule has 0 bridgehead atoms. The molecule has 60 valence electrons. The number of nitrogens with one attached hydrogen (secondary N) is 1. The lowest BCUT2D eigenvalue weighted by molar-refractivity contribution is -0.0850. The van der Waals surface area contributed by atoms with Gasteiger partial charge in [0.1, 0.15) is 0 Å². The Hall–Kier alpha value is 0.210. The molecule has 0 aromatic carbocycles. The highest BCUT2D eigenvalue weighted by atomic mass is 35.5. The van der Waals surface area contributed by atoms with E-state index in [0.717, 1.165) is 0 Å². The number of ether oxygens (including phenoxy) is 1. The fraction of sp³-hybridized carbons (Fsp3) is 1.00. The topological polar surface area (TPSA) is 21.3 Å². The molecule has 0 aromatic heterocycles. The summed E-state index contributed by atoms with van der Waals surface area (Å²) in [5.41, 5.74) is 0.681. The predicted molar refractivity (Wildman–Crippen MR) is 42.6 cm³/mol. The molecule has 2 aliphatic rings. The number of hydrogen-bond acceptors (Lipinski definition) is 2. The van der Waals surface area contributed by atoms with Crippen LogP contribution in [0.25, 0.3) is 0 Å². The molecule has 0 atom stereocenters. The predicted octanol–water partition coefficient (Wildman–Crippen LogP) is 0.807. The van der Waals surface area contributed by atoms with Gasteiger partial charge in [-0.25, -0.2) is 0 Å². The van der Waals surface area contributed by atoms with E-state index in [4.69, 9.17) is 4.74 Å². The van der Waals surface area contributed by atoms with Gasteiger partial charge in [-0.05, 0) is 12.8 Å². The van der Waals surface area contributed by atoms with Crippen molar-refractivity contribution in [1.82, 2.24) is 5.32 Å². The van der Waals surface area contributed by atoms with Crippen LogP contribution in [0.1, 0.15) is 12.8 Å². The second-order valence-corrected chi connectivity index (χ2v) is 3.37. The second-order valence-electron chi connectivity index (χ2n) is 3.37. The standard InChI is InChI=1S/C7H13NO.ClH/c1-9-6-2-7(3-6)4-8-5-7;/h6,8H,2-5H2,1H3;1H. The van der Waals surface area contributed by atoms with E-state index in [1.807, 2.05) is 7.11 Å². The molecule has 1 spiro atoms. The van der Waals surface area contributed by atoms with Gasteiger partial charge in [-0.2, -0.15) is 0 Å². The van der Waals surface area contributed by atoms with Crippen LogP contribution in [0.15, 0.2) is 0 Å². The zero-order valence-electron chi connectivity index (χ0n) is 6.22. The van der Waals surface area contributed by atoms with Crippen molar-refractivity contribution in [2.75, 3.05) is 20.2 Å². The summed E-state index contributed by atoms with van der Waals surface area (Å²) in [5.74, 6) is 0. The Labute approximate surface area is 67.7 Å². The lowest BCUT2D eigenvalue weighted by atomic mass is 9.63. The molecule has 2 nitrogen and oxygen atoms in total. The largest absolute Gasteiger partial charge is 0.381 e. The van der Waals surface area contributed by atoms with E-state index in [0.29, 0.717) is 11.5 Å². The van der Waals surface area contributed by atoms with Crippen molar-refractivity contribution in [3.63, 3.8) is 0 Å². The molecular formula is C7H14ClNO. The lowest BCUT2D eigenvalue weighted by Crippen LogP contribution is -2.62. The molecule has 0 aromatic rings. The number of halogens is 1. The molecule has 1 saturated heterocycles. The van der Waals surface area contributed by atoms with Gasteiger partial charge in [-0.1, -0.05) is 0 Å². The van der Waals surface area contributed by atoms with Crippen molar-refractivity contribution in [2.45, 2.75) is 18.9 Å². The normalized spacial score (nSPS) is 28.5. The quantitative estimate of drug-likeness (QED) is 0.618. The van der Waals surface area contributed by atoms with Gasteiger partial charge in [0, 0.05) is 25.6 Å². The van der Waals surface area contributed by atoms with Crippen LogP contribution in [0, 0.1) is 5.41 Å². The summed E-state index contributed by atoms with van der Waals surface area (Å²) in [6.45, 7) is 2.46. The van der Waals surface area contributed by atoms with Crippen LogP contribution < -0.4 is 5.32 Å². The first kappa shape index (κ1) is 8.31. The molecule has 2 fully saturated rings. The van der Waals surface area contributed by atoms with Gasteiger partial charge < -0.3 is 10.1 Å². The first-order valence-corrected chi connectivity index (χ1v) is 3.58. The smallest absolute Gasteiger partial charge is 0.0583 e. The zero-order valence-corrected chi connectivity index (χ0v) is 7.04.